The SMILES string of the molecule is O=C(O)c1ccccc1SCc1c(Cl)cccc1[N+](=O)[O-]. The van der Waals surface area contributed by atoms with Gasteiger partial charge < -0.3 is 5.11 Å². The van der Waals surface area contributed by atoms with Crippen LogP contribution in [0.15, 0.2) is 47.4 Å². The smallest absolute Gasteiger partial charge is 0.336 e. The lowest BCUT2D eigenvalue weighted by atomic mass is 10.2. The number of hydrogen-bond donors (Lipinski definition) is 1. The number of carbonyl (C=O) groups is 1. The summed E-state index contributed by atoms with van der Waals surface area (Å²) >= 11 is 7.21. The normalized spacial score (nSPS) is 10.3. The van der Waals surface area contributed by atoms with Crippen molar-refractivity contribution in [2.24, 2.45) is 0 Å². The number of halogens is 1. The largest absolute Gasteiger partial charge is 0.478 e. The van der Waals surface area contributed by atoms with Crippen molar-refractivity contribution in [2.45, 2.75) is 10.6 Å². The fourth-order valence-electron chi connectivity index (χ4n) is 1.78. The second-order valence-electron chi connectivity index (χ2n) is 4.08. The summed E-state index contributed by atoms with van der Waals surface area (Å²) < 4.78 is 0. The van der Waals surface area contributed by atoms with E-state index in [2.05, 4.69) is 0 Å². The van der Waals surface area contributed by atoms with E-state index >= 15 is 0 Å². The lowest BCUT2D eigenvalue weighted by Crippen LogP contribution is -1.99. The van der Waals surface area contributed by atoms with Gasteiger partial charge in [0.25, 0.3) is 5.69 Å². The van der Waals surface area contributed by atoms with Crippen molar-refractivity contribution in [3.8, 4) is 0 Å². The van der Waals surface area contributed by atoms with E-state index in [1.165, 1.54) is 30.0 Å². The summed E-state index contributed by atoms with van der Waals surface area (Å²) in [5, 5.41) is 20.4. The minimum Gasteiger partial charge on any atom is -0.478 e. The van der Waals surface area contributed by atoms with Crippen molar-refractivity contribution in [2.75, 3.05) is 0 Å². The second kappa shape index (κ2) is 6.60. The van der Waals surface area contributed by atoms with Gasteiger partial charge in [-0.25, -0.2) is 4.79 Å². The average molecular weight is 324 g/mol. The molecule has 108 valence electrons. The number of rotatable bonds is 5. The summed E-state index contributed by atoms with van der Waals surface area (Å²) in [5.41, 5.74) is 0.481. The predicted octanol–water partition coefficient (Wildman–Crippen LogP) is 4.24. The van der Waals surface area contributed by atoms with E-state index in [0.29, 0.717) is 15.5 Å². The van der Waals surface area contributed by atoms with E-state index in [-0.39, 0.29) is 17.0 Å². The first-order valence-electron chi connectivity index (χ1n) is 5.87. The zero-order valence-electron chi connectivity index (χ0n) is 10.7. The highest BCUT2D eigenvalue weighted by molar-refractivity contribution is 7.98. The Bertz CT molecular complexity index is 705. The lowest BCUT2D eigenvalue weighted by molar-refractivity contribution is -0.385. The van der Waals surface area contributed by atoms with Crippen LogP contribution in [-0.4, -0.2) is 16.0 Å². The molecule has 0 aliphatic rings. The fourth-order valence-corrected chi connectivity index (χ4v) is 3.18. The summed E-state index contributed by atoms with van der Waals surface area (Å²) in [4.78, 5) is 22.2. The van der Waals surface area contributed by atoms with Gasteiger partial charge in [0, 0.05) is 16.7 Å². The van der Waals surface area contributed by atoms with E-state index in [9.17, 15) is 14.9 Å². The molecule has 0 aliphatic heterocycles. The van der Waals surface area contributed by atoms with Gasteiger partial charge in [0.2, 0.25) is 0 Å². The minimum atomic E-state index is -1.04. The number of aromatic carboxylic acids is 1. The van der Waals surface area contributed by atoms with Gasteiger partial charge in [0.05, 0.1) is 21.1 Å². The van der Waals surface area contributed by atoms with Crippen molar-refractivity contribution in [3.63, 3.8) is 0 Å². The van der Waals surface area contributed by atoms with Gasteiger partial charge in [-0.1, -0.05) is 29.8 Å². The quantitative estimate of drug-likeness (QED) is 0.505. The molecule has 7 heteroatoms. The maximum absolute atomic E-state index is 11.1. The molecule has 21 heavy (non-hydrogen) atoms. The first-order valence-corrected chi connectivity index (χ1v) is 7.24. The van der Waals surface area contributed by atoms with Crippen molar-refractivity contribution in [1.82, 2.24) is 0 Å². The number of carboxylic acid groups (broad SMARTS) is 1. The zero-order valence-corrected chi connectivity index (χ0v) is 12.2. The van der Waals surface area contributed by atoms with Crippen molar-refractivity contribution in [3.05, 3.63) is 68.7 Å². The van der Waals surface area contributed by atoms with Gasteiger partial charge in [-0.15, -0.1) is 11.8 Å². The summed E-state index contributed by atoms with van der Waals surface area (Å²) in [5.74, 6) is -0.813. The van der Waals surface area contributed by atoms with Crippen LogP contribution in [-0.2, 0) is 5.75 Å². The number of benzene rings is 2. The van der Waals surface area contributed by atoms with E-state index in [4.69, 9.17) is 16.7 Å². The molecule has 0 fully saturated rings. The van der Waals surface area contributed by atoms with Crippen LogP contribution in [0, 0.1) is 10.1 Å². The Balaban J connectivity index is 2.29. The molecule has 0 unspecified atom stereocenters. The molecule has 0 bridgehead atoms. The minimum absolute atomic E-state index is 0.0668. The highest BCUT2D eigenvalue weighted by Crippen LogP contribution is 2.33. The monoisotopic (exact) mass is 323 g/mol. The third kappa shape index (κ3) is 3.53. The summed E-state index contributed by atoms with van der Waals surface area (Å²) in [6.45, 7) is 0. The maximum Gasteiger partial charge on any atom is 0.336 e. The van der Waals surface area contributed by atoms with Crippen molar-refractivity contribution >= 4 is 35.0 Å². The van der Waals surface area contributed by atoms with Crippen LogP contribution in [0.5, 0.6) is 0 Å². The summed E-state index contributed by atoms with van der Waals surface area (Å²) in [6.07, 6.45) is 0. The van der Waals surface area contributed by atoms with E-state index in [0.717, 1.165) is 0 Å². The van der Waals surface area contributed by atoms with Gasteiger partial charge in [0.15, 0.2) is 0 Å². The molecule has 0 saturated carbocycles. The molecule has 2 rings (SSSR count). The van der Waals surface area contributed by atoms with Gasteiger partial charge in [-0.2, -0.15) is 0 Å². The molecule has 2 aromatic carbocycles. The van der Waals surface area contributed by atoms with E-state index in [1.807, 2.05) is 0 Å². The molecule has 1 N–H and O–H groups in total. The van der Waals surface area contributed by atoms with Gasteiger partial charge in [-0.05, 0) is 18.2 Å². The molecule has 0 aliphatic carbocycles. The third-order valence-electron chi connectivity index (χ3n) is 2.78. The summed E-state index contributed by atoms with van der Waals surface area (Å²) in [7, 11) is 0. The van der Waals surface area contributed by atoms with E-state index in [1.54, 1.807) is 24.3 Å². The Kier molecular flexibility index (Phi) is 4.82. The molecule has 0 aromatic heterocycles. The Morgan fingerprint density at radius 2 is 1.95 bits per heavy atom. The van der Waals surface area contributed by atoms with Crippen molar-refractivity contribution in [1.29, 1.82) is 0 Å². The van der Waals surface area contributed by atoms with Crippen molar-refractivity contribution < 1.29 is 14.8 Å². The number of hydrogen-bond acceptors (Lipinski definition) is 4. The van der Waals surface area contributed by atoms with Crippen LogP contribution in [0.4, 0.5) is 5.69 Å². The molecular formula is C14H10ClNO4S. The maximum atomic E-state index is 11.1. The van der Waals surface area contributed by atoms with E-state index < -0.39 is 10.9 Å². The van der Waals surface area contributed by atoms with Crippen LogP contribution < -0.4 is 0 Å². The van der Waals surface area contributed by atoms with Crippen LogP contribution in [0.2, 0.25) is 5.02 Å². The number of thioether (sulfide) groups is 1. The number of nitrogens with zero attached hydrogens (tertiary/aromatic N) is 1. The van der Waals surface area contributed by atoms with Gasteiger partial charge in [0.1, 0.15) is 0 Å². The third-order valence-corrected chi connectivity index (χ3v) is 4.23. The molecule has 5 nitrogen and oxygen atoms in total. The number of carboxylic acids is 1. The van der Waals surface area contributed by atoms with Crippen LogP contribution in [0.25, 0.3) is 0 Å². The predicted molar refractivity (Wildman–Crippen MR) is 81.1 cm³/mol. The Hall–Kier alpha value is -2.05. The lowest BCUT2D eigenvalue weighted by Gasteiger charge is -2.07. The second-order valence-corrected chi connectivity index (χ2v) is 5.51. The van der Waals surface area contributed by atoms with Gasteiger partial charge >= 0.3 is 5.97 Å². The number of nitro groups is 1. The Morgan fingerprint density at radius 1 is 1.24 bits per heavy atom. The first-order chi connectivity index (χ1) is 10.0. The molecule has 0 radical (unpaired) electrons. The molecule has 0 spiro atoms. The standard InChI is InChI=1S/C14H10ClNO4S/c15-11-5-3-6-12(16(19)20)10(11)8-21-13-7-2-1-4-9(13)14(17)18/h1-7H,8H2,(H,17,18). The molecular weight excluding hydrogens is 314 g/mol. The topological polar surface area (TPSA) is 80.4 Å². The van der Waals surface area contributed by atoms with Crippen LogP contribution in [0.1, 0.15) is 15.9 Å². The molecule has 0 atom stereocenters. The highest BCUT2D eigenvalue weighted by atomic mass is 35.5. The first kappa shape index (κ1) is 15.3. The average Bonchev–Trinajstić information content (AvgIpc) is 2.45. The Labute approximate surface area is 129 Å². The molecule has 0 heterocycles. The zero-order chi connectivity index (χ0) is 15.4. The fraction of sp³-hybridized carbons (Fsp3) is 0.0714. The highest BCUT2D eigenvalue weighted by Gasteiger charge is 2.18. The Morgan fingerprint density at radius 3 is 2.62 bits per heavy atom. The van der Waals surface area contributed by atoms with Crippen LogP contribution >= 0.6 is 23.4 Å². The molecule has 0 saturated heterocycles. The molecule has 2 aromatic rings. The summed E-state index contributed by atoms with van der Waals surface area (Å²) in [6, 6.07) is 11.0. The molecule has 0 amide bonds. The van der Waals surface area contributed by atoms with Crippen LogP contribution in [0.3, 0.4) is 0 Å². The number of nitro benzene ring substituents is 1. The van der Waals surface area contributed by atoms with Gasteiger partial charge in [-0.3, -0.25) is 10.1 Å².